The zero-order valence-electron chi connectivity index (χ0n) is 8.58. The Morgan fingerprint density at radius 2 is 1.75 bits per heavy atom. The number of carboxylic acids is 1. The van der Waals surface area contributed by atoms with Crippen molar-refractivity contribution in [1.82, 2.24) is 0 Å². The van der Waals surface area contributed by atoms with Crippen molar-refractivity contribution in [2.45, 2.75) is 17.1 Å². The third kappa shape index (κ3) is 2.82. The summed E-state index contributed by atoms with van der Waals surface area (Å²) in [5, 5.41) is 9.18. The summed E-state index contributed by atoms with van der Waals surface area (Å²) >= 11 is 17.2. The lowest BCUT2D eigenvalue weighted by Crippen LogP contribution is -2.42. The molecule has 0 aliphatic rings. The van der Waals surface area contributed by atoms with Gasteiger partial charge in [0.2, 0.25) is 3.79 Å². The van der Waals surface area contributed by atoms with Crippen molar-refractivity contribution in [2.24, 2.45) is 5.41 Å². The van der Waals surface area contributed by atoms with Gasteiger partial charge in [0.1, 0.15) is 5.41 Å². The number of hydrogen-bond acceptors (Lipinski definition) is 1. The van der Waals surface area contributed by atoms with Gasteiger partial charge >= 0.3 is 5.97 Å². The SMILES string of the molecule is CC(Cc1ccccc1)(C(=O)O)C(Cl)(Cl)Cl. The lowest BCUT2D eigenvalue weighted by atomic mass is 9.85. The first-order valence-corrected chi connectivity index (χ1v) is 5.75. The lowest BCUT2D eigenvalue weighted by Gasteiger charge is -2.31. The highest BCUT2D eigenvalue weighted by atomic mass is 35.6. The van der Waals surface area contributed by atoms with Crippen LogP contribution in [0.1, 0.15) is 12.5 Å². The summed E-state index contributed by atoms with van der Waals surface area (Å²) in [5.41, 5.74) is -0.627. The highest BCUT2D eigenvalue weighted by Gasteiger charge is 2.50. The van der Waals surface area contributed by atoms with E-state index in [0.717, 1.165) is 5.56 Å². The van der Waals surface area contributed by atoms with Crippen LogP contribution in [0.25, 0.3) is 0 Å². The average Bonchev–Trinajstić information content (AvgIpc) is 2.17. The summed E-state index contributed by atoms with van der Waals surface area (Å²) in [6, 6.07) is 9.08. The number of alkyl halides is 3. The van der Waals surface area contributed by atoms with Gasteiger partial charge in [0.05, 0.1) is 0 Å². The van der Waals surface area contributed by atoms with Crippen molar-refractivity contribution >= 4 is 40.8 Å². The fourth-order valence-electron chi connectivity index (χ4n) is 1.30. The molecular weight excluding hydrogens is 270 g/mol. The summed E-state index contributed by atoms with van der Waals surface area (Å²) in [5.74, 6) is -1.13. The summed E-state index contributed by atoms with van der Waals surface area (Å²) < 4.78 is -1.85. The smallest absolute Gasteiger partial charge is 0.314 e. The summed E-state index contributed by atoms with van der Waals surface area (Å²) in [6.45, 7) is 1.43. The van der Waals surface area contributed by atoms with Crippen LogP contribution in [-0.4, -0.2) is 14.9 Å². The third-order valence-electron chi connectivity index (χ3n) is 2.50. The number of carboxylic acid groups (broad SMARTS) is 1. The van der Waals surface area contributed by atoms with Gasteiger partial charge in [0, 0.05) is 0 Å². The molecule has 0 saturated carbocycles. The van der Waals surface area contributed by atoms with Crippen molar-refractivity contribution in [3.05, 3.63) is 35.9 Å². The van der Waals surface area contributed by atoms with Crippen molar-refractivity contribution < 1.29 is 9.90 Å². The van der Waals surface area contributed by atoms with E-state index in [1.807, 2.05) is 18.2 Å². The first-order valence-electron chi connectivity index (χ1n) is 4.61. The molecule has 0 aliphatic carbocycles. The van der Waals surface area contributed by atoms with E-state index in [2.05, 4.69) is 0 Å². The second-order valence-electron chi connectivity index (χ2n) is 3.80. The zero-order valence-corrected chi connectivity index (χ0v) is 10.9. The van der Waals surface area contributed by atoms with Gasteiger partial charge < -0.3 is 5.11 Å². The largest absolute Gasteiger partial charge is 0.481 e. The molecule has 0 aliphatic heterocycles. The van der Waals surface area contributed by atoms with Crippen LogP contribution >= 0.6 is 34.8 Å². The van der Waals surface area contributed by atoms with Crippen LogP contribution in [0.2, 0.25) is 0 Å². The van der Waals surface area contributed by atoms with Crippen LogP contribution in [0.15, 0.2) is 30.3 Å². The maximum Gasteiger partial charge on any atom is 0.314 e. The molecule has 0 heterocycles. The Morgan fingerprint density at radius 1 is 1.25 bits per heavy atom. The van der Waals surface area contributed by atoms with E-state index in [4.69, 9.17) is 34.8 Å². The molecule has 1 unspecified atom stereocenters. The Labute approximate surface area is 109 Å². The maximum absolute atomic E-state index is 11.2. The second kappa shape index (κ2) is 4.82. The van der Waals surface area contributed by atoms with Gasteiger partial charge in [0.15, 0.2) is 0 Å². The molecule has 1 atom stereocenters. The maximum atomic E-state index is 11.2. The van der Waals surface area contributed by atoms with Crippen molar-refractivity contribution in [2.75, 3.05) is 0 Å². The lowest BCUT2D eigenvalue weighted by molar-refractivity contribution is -0.147. The van der Waals surface area contributed by atoms with Gasteiger partial charge in [-0.1, -0.05) is 65.1 Å². The molecule has 1 aromatic carbocycles. The predicted octanol–water partition coefficient (Wildman–Crippen LogP) is 3.69. The van der Waals surface area contributed by atoms with Gasteiger partial charge in [-0.15, -0.1) is 0 Å². The molecule has 88 valence electrons. The van der Waals surface area contributed by atoms with E-state index in [0.29, 0.717) is 0 Å². The molecule has 0 saturated heterocycles. The number of aliphatic carboxylic acids is 1. The number of benzene rings is 1. The number of carbonyl (C=O) groups is 1. The topological polar surface area (TPSA) is 37.3 Å². The summed E-state index contributed by atoms with van der Waals surface area (Å²) in [6.07, 6.45) is 0.166. The van der Waals surface area contributed by atoms with E-state index < -0.39 is 15.2 Å². The molecule has 2 nitrogen and oxygen atoms in total. The highest BCUT2D eigenvalue weighted by Crippen LogP contribution is 2.46. The second-order valence-corrected chi connectivity index (χ2v) is 6.08. The number of hydrogen-bond donors (Lipinski definition) is 1. The first-order chi connectivity index (χ1) is 7.27. The van der Waals surface area contributed by atoms with Gasteiger partial charge in [-0.05, 0) is 18.9 Å². The Morgan fingerprint density at radius 3 is 2.12 bits per heavy atom. The minimum absolute atomic E-state index is 0.166. The molecule has 1 aromatic rings. The average molecular weight is 282 g/mol. The van der Waals surface area contributed by atoms with Gasteiger partial charge in [-0.3, -0.25) is 4.79 Å². The van der Waals surface area contributed by atoms with Gasteiger partial charge in [0.25, 0.3) is 0 Å². The monoisotopic (exact) mass is 280 g/mol. The van der Waals surface area contributed by atoms with Crippen LogP contribution < -0.4 is 0 Å². The minimum Gasteiger partial charge on any atom is -0.481 e. The molecule has 0 bridgehead atoms. The van der Waals surface area contributed by atoms with Crippen LogP contribution in [-0.2, 0) is 11.2 Å². The Bertz CT molecular complexity index is 373. The molecular formula is C11H11Cl3O2. The van der Waals surface area contributed by atoms with Crippen LogP contribution in [0, 0.1) is 5.41 Å². The van der Waals surface area contributed by atoms with Gasteiger partial charge in [-0.2, -0.15) is 0 Å². The standard InChI is InChI=1S/C11H11Cl3O2/c1-10(9(15)16,11(12,13)14)7-8-5-3-2-4-6-8/h2-6H,7H2,1H3,(H,15,16). The molecule has 0 aromatic heterocycles. The van der Waals surface area contributed by atoms with Crippen LogP contribution in [0.3, 0.4) is 0 Å². The van der Waals surface area contributed by atoms with E-state index in [1.165, 1.54) is 6.92 Å². The van der Waals surface area contributed by atoms with E-state index in [9.17, 15) is 9.90 Å². The quantitative estimate of drug-likeness (QED) is 0.858. The van der Waals surface area contributed by atoms with E-state index in [1.54, 1.807) is 12.1 Å². The minimum atomic E-state index is -1.85. The third-order valence-corrected chi connectivity index (χ3v) is 3.75. The van der Waals surface area contributed by atoms with Gasteiger partial charge in [-0.25, -0.2) is 0 Å². The summed E-state index contributed by atoms with van der Waals surface area (Å²) in [4.78, 5) is 11.2. The van der Waals surface area contributed by atoms with Crippen molar-refractivity contribution in [3.8, 4) is 0 Å². The number of halogens is 3. The molecule has 16 heavy (non-hydrogen) atoms. The van der Waals surface area contributed by atoms with Crippen molar-refractivity contribution in [3.63, 3.8) is 0 Å². The summed E-state index contributed by atoms with van der Waals surface area (Å²) in [7, 11) is 0. The first kappa shape index (κ1) is 13.6. The highest BCUT2D eigenvalue weighted by molar-refractivity contribution is 6.68. The Balaban J connectivity index is 3.03. The zero-order chi connectivity index (χ0) is 12.4. The fourth-order valence-corrected chi connectivity index (χ4v) is 1.74. The molecule has 0 spiro atoms. The van der Waals surface area contributed by atoms with Crippen LogP contribution in [0.4, 0.5) is 0 Å². The van der Waals surface area contributed by atoms with E-state index in [-0.39, 0.29) is 6.42 Å². The molecule has 0 fully saturated rings. The molecule has 1 rings (SSSR count). The molecule has 5 heteroatoms. The normalized spacial score (nSPS) is 15.5. The number of rotatable bonds is 3. The van der Waals surface area contributed by atoms with Crippen LogP contribution in [0.5, 0.6) is 0 Å². The molecule has 1 N–H and O–H groups in total. The van der Waals surface area contributed by atoms with E-state index >= 15 is 0 Å². The Kier molecular flexibility index (Phi) is 4.11. The van der Waals surface area contributed by atoms with Crippen molar-refractivity contribution in [1.29, 1.82) is 0 Å². The fraction of sp³-hybridized carbons (Fsp3) is 0.364. The molecule has 0 radical (unpaired) electrons. The molecule has 0 amide bonds. The predicted molar refractivity (Wildman–Crippen MR) is 66.2 cm³/mol. The Hall–Kier alpha value is -0.440.